The summed E-state index contributed by atoms with van der Waals surface area (Å²) in [6, 6.07) is 1.89. The lowest BCUT2D eigenvalue weighted by atomic mass is 9.92. The van der Waals surface area contributed by atoms with Crippen LogP contribution >= 0.6 is 11.8 Å². The van der Waals surface area contributed by atoms with Crippen LogP contribution in [0.5, 0.6) is 0 Å². The van der Waals surface area contributed by atoms with Crippen molar-refractivity contribution in [2.75, 3.05) is 38.5 Å². The van der Waals surface area contributed by atoms with E-state index >= 15 is 0 Å². The maximum Gasteiger partial charge on any atom is 0.255 e. The summed E-state index contributed by atoms with van der Waals surface area (Å²) in [6.07, 6.45) is 6.64. The largest absolute Gasteiger partial charge is 0.367 e. The van der Waals surface area contributed by atoms with Gasteiger partial charge in [-0.05, 0) is 37.8 Å². The van der Waals surface area contributed by atoms with E-state index in [1.807, 2.05) is 34.6 Å². The predicted molar refractivity (Wildman–Crippen MR) is 100 cm³/mol. The Hall–Kier alpha value is -1.60. The molecule has 0 radical (unpaired) electrons. The maximum atomic E-state index is 12.6. The number of nitrogens with zero attached hydrogens (tertiary/aromatic N) is 3. The molecule has 0 bridgehead atoms. The molecule has 0 saturated carbocycles. The van der Waals surface area contributed by atoms with Crippen LogP contribution in [0, 0.1) is 6.92 Å². The molecule has 1 aromatic rings. The number of thioether (sulfide) groups is 1. The average molecular weight is 375 g/mol. The van der Waals surface area contributed by atoms with Crippen molar-refractivity contribution in [3.05, 3.63) is 29.6 Å². The molecule has 3 aliphatic heterocycles. The fraction of sp³-hybridized carbons (Fsp3) is 0.632. The summed E-state index contributed by atoms with van der Waals surface area (Å²) in [5.41, 5.74) is 1.66. The van der Waals surface area contributed by atoms with E-state index in [0.717, 1.165) is 56.8 Å². The van der Waals surface area contributed by atoms with Crippen LogP contribution in [0.25, 0.3) is 0 Å². The van der Waals surface area contributed by atoms with Crippen molar-refractivity contribution in [3.8, 4) is 0 Å². The summed E-state index contributed by atoms with van der Waals surface area (Å²) in [6.45, 7) is 5.39. The molecule has 4 heterocycles. The first-order chi connectivity index (χ1) is 12.5. The third-order valence-corrected chi connectivity index (χ3v) is 7.02. The van der Waals surface area contributed by atoms with Crippen LogP contribution in [0.3, 0.4) is 0 Å². The van der Waals surface area contributed by atoms with Crippen LogP contribution < -0.4 is 0 Å². The lowest BCUT2D eigenvalue weighted by molar-refractivity contribution is -0.136. The van der Waals surface area contributed by atoms with Gasteiger partial charge in [-0.1, -0.05) is 0 Å². The molecule has 26 heavy (non-hydrogen) atoms. The van der Waals surface area contributed by atoms with E-state index in [-0.39, 0.29) is 29.3 Å². The van der Waals surface area contributed by atoms with Gasteiger partial charge in [-0.25, -0.2) is 0 Å². The summed E-state index contributed by atoms with van der Waals surface area (Å²) in [7, 11) is 0. The Morgan fingerprint density at radius 2 is 2.04 bits per heavy atom. The van der Waals surface area contributed by atoms with Crippen molar-refractivity contribution in [1.29, 1.82) is 0 Å². The van der Waals surface area contributed by atoms with Crippen molar-refractivity contribution in [1.82, 2.24) is 14.8 Å². The molecule has 3 fully saturated rings. The molecule has 7 heteroatoms. The Bertz CT molecular complexity index is 699. The number of rotatable bonds is 4. The molecular formula is C19H25N3O3S. The minimum atomic E-state index is 0.0565. The van der Waals surface area contributed by atoms with Gasteiger partial charge in [0.05, 0.1) is 16.4 Å². The smallest absolute Gasteiger partial charge is 0.255 e. The van der Waals surface area contributed by atoms with E-state index in [0.29, 0.717) is 5.56 Å². The number of hydrogen-bond donors (Lipinski definition) is 0. The normalized spacial score (nSPS) is 24.1. The molecule has 4 rings (SSSR count). The molecule has 1 spiro atoms. The van der Waals surface area contributed by atoms with Gasteiger partial charge in [0.2, 0.25) is 5.91 Å². The molecule has 3 aliphatic rings. The summed E-state index contributed by atoms with van der Waals surface area (Å²) in [5, 5.41) is 0. The maximum absolute atomic E-state index is 12.6. The highest BCUT2D eigenvalue weighted by atomic mass is 32.2. The van der Waals surface area contributed by atoms with Crippen LogP contribution in [0.15, 0.2) is 18.5 Å². The first-order valence-electron chi connectivity index (χ1n) is 9.29. The van der Waals surface area contributed by atoms with Crippen LogP contribution in [0.2, 0.25) is 0 Å². The number of hydrogen-bond acceptors (Lipinski definition) is 5. The molecule has 140 valence electrons. The van der Waals surface area contributed by atoms with E-state index in [4.69, 9.17) is 4.74 Å². The zero-order chi connectivity index (χ0) is 18.1. The third-order valence-electron chi connectivity index (χ3n) is 5.44. The van der Waals surface area contributed by atoms with E-state index in [1.54, 1.807) is 12.4 Å². The van der Waals surface area contributed by atoms with Gasteiger partial charge < -0.3 is 14.5 Å². The summed E-state index contributed by atoms with van der Waals surface area (Å²) < 4.78 is 5.98. The highest BCUT2D eigenvalue weighted by molar-refractivity contribution is 8.01. The van der Waals surface area contributed by atoms with Crippen LogP contribution in [0.4, 0.5) is 0 Å². The number of pyridine rings is 1. The van der Waals surface area contributed by atoms with Crippen molar-refractivity contribution >= 4 is 23.6 Å². The highest BCUT2D eigenvalue weighted by Crippen LogP contribution is 2.46. The van der Waals surface area contributed by atoms with Crippen molar-refractivity contribution < 1.29 is 14.3 Å². The number of carbonyl (C=O) groups excluding carboxylic acids is 2. The van der Waals surface area contributed by atoms with Gasteiger partial charge in [0.15, 0.2) is 0 Å². The molecular weight excluding hydrogens is 350 g/mol. The number of aromatic nitrogens is 1. The van der Waals surface area contributed by atoms with Crippen LogP contribution in [0.1, 0.15) is 35.2 Å². The molecule has 2 amide bonds. The Kier molecular flexibility index (Phi) is 4.92. The fourth-order valence-corrected chi connectivity index (χ4v) is 5.58. The molecule has 1 aromatic heterocycles. The summed E-state index contributed by atoms with van der Waals surface area (Å²) >= 11 is 1.88. The first kappa shape index (κ1) is 17.8. The summed E-state index contributed by atoms with van der Waals surface area (Å²) in [5.74, 6) is 1.08. The second-order valence-electron chi connectivity index (χ2n) is 7.63. The molecule has 6 nitrogen and oxygen atoms in total. The molecule has 3 saturated heterocycles. The fourth-order valence-electron chi connectivity index (χ4n) is 4.02. The lowest BCUT2D eigenvalue weighted by Gasteiger charge is -2.47. The molecule has 0 N–H and O–H groups in total. The molecule has 1 atom stereocenters. The van der Waals surface area contributed by atoms with Gasteiger partial charge in [-0.15, -0.1) is 11.8 Å². The minimum Gasteiger partial charge on any atom is -0.367 e. The second kappa shape index (κ2) is 7.19. The number of aryl methyl sites for hydroxylation is 1. The lowest BCUT2D eigenvalue weighted by Crippen LogP contribution is -2.60. The number of carbonyl (C=O) groups is 2. The van der Waals surface area contributed by atoms with Crippen molar-refractivity contribution in [2.45, 2.75) is 37.0 Å². The Labute approximate surface area is 158 Å². The molecule has 0 unspecified atom stereocenters. The van der Waals surface area contributed by atoms with Crippen LogP contribution in [-0.4, -0.2) is 76.0 Å². The zero-order valence-corrected chi connectivity index (χ0v) is 16.0. The van der Waals surface area contributed by atoms with Crippen molar-refractivity contribution in [2.24, 2.45) is 0 Å². The molecule has 0 aliphatic carbocycles. The van der Waals surface area contributed by atoms with Gasteiger partial charge in [-0.2, -0.15) is 0 Å². The summed E-state index contributed by atoms with van der Waals surface area (Å²) in [4.78, 5) is 32.6. The monoisotopic (exact) mass is 375 g/mol. The van der Waals surface area contributed by atoms with E-state index in [1.165, 1.54) is 0 Å². The number of likely N-dealkylation sites (tertiary alicyclic amines) is 2. The average Bonchev–Trinajstić information content (AvgIpc) is 3.27. The van der Waals surface area contributed by atoms with Gasteiger partial charge in [0.1, 0.15) is 6.61 Å². The Morgan fingerprint density at radius 3 is 2.77 bits per heavy atom. The third kappa shape index (κ3) is 3.60. The number of amides is 2. The van der Waals surface area contributed by atoms with E-state index < -0.39 is 0 Å². The minimum absolute atomic E-state index is 0.0565. The number of ether oxygens (including phenoxy) is 1. The van der Waals surface area contributed by atoms with E-state index in [2.05, 4.69) is 4.98 Å². The quantitative estimate of drug-likeness (QED) is 0.802. The van der Waals surface area contributed by atoms with Gasteiger partial charge in [0, 0.05) is 44.3 Å². The van der Waals surface area contributed by atoms with Crippen molar-refractivity contribution in [3.63, 3.8) is 0 Å². The standard InChI is InChI=1S/C19H25N3O3S/c1-14-6-15(9-20-8-14)18(24)22-12-19(13-22)7-16(11-26-19)25-10-17(23)21-4-2-3-5-21/h6,8-9,16H,2-5,7,10-13H2,1H3/t16-/m0/s1. The molecule has 0 aromatic carbocycles. The topological polar surface area (TPSA) is 62.7 Å². The van der Waals surface area contributed by atoms with Gasteiger partial charge in [0.25, 0.3) is 5.91 Å². The predicted octanol–water partition coefficient (Wildman–Crippen LogP) is 1.73. The van der Waals surface area contributed by atoms with Gasteiger partial charge >= 0.3 is 0 Å². The van der Waals surface area contributed by atoms with Crippen LogP contribution in [-0.2, 0) is 9.53 Å². The zero-order valence-electron chi connectivity index (χ0n) is 15.1. The Morgan fingerprint density at radius 1 is 1.27 bits per heavy atom. The SMILES string of the molecule is Cc1cncc(C(=O)N2CC3(C[C@H](OCC(=O)N4CCCC4)CS3)C2)c1. The van der Waals surface area contributed by atoms with Gasteiger partial charge in [-0.3, -0.25) is 14.6 Å². The first-order valence-corrected chi connectivity index (χ1v) is 10.3. The second-order valence-corrected chi connectivity index (χ2v) is 9.12. The van der Waals surface area contributed by atoms with E-state index in [9.17, 15) is 9.59 Å². The Balaban J connectivity index is 1.24. The highest BCUT2D eigenvalue weighted by Gasteiger charge is 2.51.